The molecule has 0 fully saturated rings. The van der Waals surface area contributed by atoms with Gasteiger partial charge in [-0.1, -0.05) is 133 Å². The van der Waals surface area contributed by atoms with Gasteiger partial charge in [-0.2, -0.15) is 0 Å². The second-order valence-corrected chi connectivity index (χ2v) is 29.6. The van der Waals surface area contributed by atoms with Crippen LogP contribution in [0.3, 0.4) is 0 Å². The Labute approximate surface area is 729 Å². The second kappa shape index (κ2) is 39.1. The van der Waals surface area contributed by atoms with Crippen molar-refractivity contribution in [3.8, 4) is 142 Å². The van der Waals surface area contributed by atoms with Crippen LogP contribution in [-0.2, 0) is 10.0 Å². The van der Waals surface area contributed by atoms with Crippen LogP contribution in [0.5, 0.6) is 0 Å². The number of tetrazole rings is 5. The molecule has 129 heavy (non-hydrogen) atoms. The van der Waals surface area contributed by atoms with E-state index >= 15 is 0 Å². The van der Waals surface area contributed by atoms with E-state index < -0.39 is 26.6 Å². The van der Waals surface area contributed by atoms with E-state index in [1.807, 2.05) is 153 Å². The maximum absolute atomic E-state index is 14.2. The molecule has 0 saturated carbocycles. The highest BCUT2D eigenvalue weighted by Gasteiger charge is 2.21. The summed E-state index contributed by atoms with van der Waals surface area (Å²) in [6.45, 7) is 1.99. The zero-order valence-corrected chi connectivity index (χ0v) is 68.3. The number of nitrogens with one attached hydrogen (secondary N) is 1. The lowest BCUT2D eigenvalue weighted by molar-refractivity contribution is -0.384. The number of nitrogens with zero attached hydrogens (tertiary/aromatic N) is 26. The van der Waals surface area contributed by atoms with Crippen molar-refractivity contribution in [2.24, 2.45) is 0 Å². The minimum absolute atomic E-state index is 0.116. The number of anilines is 1. The summed E-state index contributed by atoms with van der Waals surface area (Å²) in [4.78, 5) is 38.1. The number of hydrogen-bond acceptors (Lipinski definition) is 24. The first kappa shape index (κ1) is 84.7. The van der Waals surface area contributed by atoms with Gasteiger partial charge in [0, 0.05) is 67.0 Å². The molecule has 0 spiro atoms. The van der Waals surface area contributed by atoms with Crippen LogP contribution in [-0.4, -0.2) is 146 Å². The van der Waals surface area contributed by atoms with Gasteiger partial charge in [-0.3, -0.25) is 39.8 Å². The number of nitro groups is 1. The quantitative estimate of drug-likeness (QED) is 0.0473. The van der Waals surface area contributed by atoms with Crippen molar-refractivity contribution in [1.29, 1.82) is 0 Å². The molecule has 20 rings (SSSR count). The number of sulfonamides is 1. The summed E-state index contributed by atoms with van der Waals surface area (Å²) >= 11 is 0. The monoisotopic (exact) mass is 1740 g/mol. The third-order valence-corrected chi connectivity index (χ3v) is 19.3. The Balaban J connectivity index is 0.000000118. The highest BCUT2D eigenvalue weighted by molar-refractivity contribution is 7.92. The summed E-state index contributed by atoms with van der Waals surface area (Å²) in [5.41, 5.74) is 13.9. The minimum Gasteiger partial charge on any atom is -0.284 e. The number of halogens is 5. The fourth-order valence-electron chi connectivity index (χ4n) is 12.8. The molecule has 0 aliphatic carbocycles. The molecular weight excluding hydrogens is 1670 g/mol. The first-order chi connectivity index (χ1) is 62.8. The van der Waals surface area contributed by atoms with Crippen LogP contribution in [0, 0.1) is 46.1 Å². The molecule has 0 amide bonds. The lowest BCUT2D eigenvalue weighted by atomic mass is 10.0. The van der Waals surface area contributed by atoms with Crippen LogP contribution < -0.4 is 4.72 Å². The van der Waals surface area contributed by atoms with Gasteiger partial charge in [-0.15, -0.1) is 75.0 Å². The van der Waals surface area contributed by atoms with Crippen molar-refractivity contribution in [3.63, 3.8) is 0 Å². The summed E-state index contributed by atoms with van der Waals surface area (Å²) in [6, 6.07) is 89.0. The van der Waals surface area contributed by atoms with Crippen molar-refractivity contribution in [1.82, 2.24) is 126 Å². The molecule has 0 unspecified atom stereocenters. The Hall–Kier alpha value is -17.9. The van der Waals surface area contributed by atoms with Crippen molar-refractivity contribution in [2.75, 3.05) is 11.0 Å². The van der Waals surface area contributed by atoms with Crippen LogP contribution in [0.1, 0.15) is 5.56 Å². The molecule has 20 aromatic rings. The molecule has 0 aliphatic heterocycles. The third-order valence-electron chi connectivity index (χ3n) is 18.7. The Morgan fingerprint density at radius 2 is 0.612 bits per heavy atom. The molecule has 0 bridgehead atoms. The van der Waals surface area contributed by atoms with Crippen molar-refractivity contribution in [2.45, 2.75) is 6.92 Å². The number of pyridine rings is 5. The van der Waals surface area contributed by atoms with E-state index in [1.54, 1.807) is 134 Å². The number of aryl methyl sites for hydroxylation is 1. The molecule has 31 nitrogen and oxygen atoms in total. The van der Waals surface area contributed by atoms with Gasteiger partial charge in [0.15, 0.2) is 0 Å². The maximum Gasteiger partial charge on any atom is 0.277 e. The van der Waals surface area contributed by atoms with E-state index in [0.29, 0.717) is 96.8 Å². The molecule has 1 N–H and O–H groups in total. The Morgan fingerprint density at radius 3 is 1.00 bits per heavy atom. The van der Waals surface area contributed by atoms with Gasteiger partial charge in [0.05, 0.1) is 45.2 Å². The van der Waals surface area contributed by atoms with Crippen LogP contribution in [0.4, 0.5) is 33.3 Å². The van der Waals surface area contributed by atoms with Gasteiger partial charge in [0.2, 0.25) is 39.1 Å². The topological polar surface area (TPSA) is 372 Å². The van der Waals surface area contributed by atoms with Crippen LogP contribution in [0.2, 0.25) is 0 Å². The molecule has 0 saturated heterocycles. The fraction of sp³-hybridized carbons (Fsp3) is 0.0217. The van der Waals surface area contributed by atoms with Gasteiger partial charge < -0.3 is 0 Å². The lowest BCUT2D eigenvalue weighted by Gasteiger charge is -2.08. The molecule has 10 heterocycles. The number of benzene rings is 10. The third kappa shape index (κ3) is 21.6. The molecular formula is C92H64F5N27O4S. The zero-order chi connectivity index (χ0) is 89.2. The maximum atomic E-state index is 14.2. The molecule has 632 valence electrons. The first-order valence-electron chi connectivity index (χ1n) is 38.9. The van der Waals surface area contributed by atoms with E-state index in [4.69, 9.17) is 0 Å². The lowest BCUT2D eigenvalue weighted by Crippen LogP contribution is -2.09. The zero-order valence-electron chi connectivity index (χ0n) is 67.5. The van der Waals surface area contributed by atoms with Gasteiger partial charge in [0.1, 0.15) is 57.6 Å². The molecule has 0 atom stereocenters. The van der Waals surface area contributed by atoms with E-state index in [0.717, 1.165) is 55.7 Å². The Kier molecular flexibility index (Phi) is 25.7. The van der Waals surface area contributed by atoms with Crippen molar-refractivity contribution < 1.29 is 35.3 Å². The second-order valence-electron chi connectivity index (χ2n) is 27.8. The first-order valence-corrected chi connectivity index (χ1v) is 40.8. The summed E-state index contributed by atoms with van der Waals surface area (Å²) in [7, 11) is -3.34. The molecule has 0 aliphatic rings. The van der Waals surface area contributed by atoms with Gasteiger partial charge >= 0.3 is 0 Å². The van der Waals surface area contributed by atoms with Crippen LogP contribution >= 0.6 is 0 Å². The largest absolute Gasteiger partial charge is 0.284 e. The van der Waals surface area contributed by atoms with Gasteiger partial charge in [-0.25, -0.2) is 30.4 Å². The van der Waals surface area contributed by atoms with E-state index in [1.165, 1.54) is 85.9 Å². The molecule has 10 aromatic carbocycles. The number of hydrogen-bond donors (Lipinski definition) is 1. The Bertz CT molecular complexity index is 7400. The Morgan fingerprint density at radius 1 is 0.295 bits per heavy atom. The molecule has 10 aromatic heterocycles. The van der Waals surface area contributed by atoms with Crippen LogP contribution in [0.15, 0.2) is 346 Å². The van der Waals surface area contributed by atoms with Crippen molar-refractivity contribution in [3.05, 3.63) is 391 Å². The summed E-state index contributed by atoms with van der Waals surface area (Å²) in [6.07, 6.45) is 9.35. The predicted octanol–water partition coefficient (Wildman–Crippen LogP) is 17.2. The molecule has 0 radical (unpaired) electrons. The standard InChI is InChI=1S/C19H14FN5.C19H16N6O2S.C18H11F2N5.C18H11FN6O2.C18H12FN5/c1-13-6-2-3-7-17(13)14-10-15(20)12-16(11-14)25-23-19(22-24-25)18-8-4-5-9-21-18;1-28(26,27)23-16-8-4-6-14(12-16)15-7-5-9-17(13-15)25-22-19(21-24-25)18-10-2-3-11-20-18;19-14-6-4-12(5-7-14)13-9-15(20)11-16(10-13)25-23-18(22-24-25)17-3-1-2-8-21-17;19-13-9-12(15-5-1-2-7-17(15)25(26)27)10-14(11-13)24-22-18(21-23-24)16-6-3-4-8-20-16;19-15-10-14(13-6-2-1-3-7-13)11-16(12-15)24-22-18(21-23-24)17-8-4-5-9-20-17/h2-12H,1H3;2-13,23H,1H3;1-11H;1-11H;1-12H. The van der Waals surface area contributed by atoms with Crippen molar-refractivity contribution >= 4 is 21.4 Å². The number of aromatic nitrogens is 25. The number of para-hydroxylation sites is 1. The minimum atomic E-state index is -3.34. The predicted molar refractivity (Wildman–Crippen MR) is 469 cm³/mol. The highest BCUT2D eigenvalue weighted by atomic mass is 32.2. The summed E-state index contributed by atoms with van der Waals surface area (Å²) in [5, 5.41) is 72.7. The smallest absolute Gasteiger partial charge is 0.277 e. The fourth-order valence-corrected chi connectivity index (χ4v) is 13.4. The average Bonchev–Trinajstić information content (AvgIpc) is 1.82. The van der Waals surface area contributed by atoms with E-state index in [2.05, 4.69) is 107 Å². The summed E-state index contributed by atoms with van der Waals surface area (Å²) < 4.78 is 94.9. The SMILES string of the molecule is CS(=O)(=O)Nc1cccc(-c2cccc(-n3nnc(-c4ccccn4)n3)c2)c1.Cc1ccccc1-c1cc(F)cc(-n2nnc(-c3ccccn3)n2)c1.Fc1cc(-c2ccccc2)cc(-n2nnc(-c3ccccn3)n2)c1.Fc1ccc(-c2cc(F)cc(-n3nnc(-c4ccccn4)n3)c2)cc1.O=[N+]([O-])c1ccccc1-c1cc(F)cc(-n2nnc(-c3ccccn3)n2)c1. The highest BCUT2D eigenvalue weighted by Crippen LogP contribution is 2.34. The number of rotatable bonds is 18. The normalized spacial score (nSPS) is 10.9. The summed E-state index contributed by atoms with van der Waals surface area (Å²) in [5.74, 6) is -0.242. The average molecular weight is 1740 g/mol. The molecule has 37 heteroatoms. The van der Waals surface area contributed by atoms with E-state index in [-0.39, 0.29) is 34.7 Å². The van der Waals surface area contributed by atoms with Crippen LogP contribution in [0.25, 0.3) is 142 Å². The van der Waals surface area contributed by atoms with Gasteiger partial charge in [0.25, 0.3) is 5.69 Å². The van der Waals surface area contributed by atoms with E-state index in [9.17, 15) is 40.5 Å². The van der Waals surface area contributed by atoms with Gasteiger partial charge in [-0.05, 0) is 240 Å². The number of nitro benzene ring substituents is 1.